The largest absolute Gasteiger partial charge is 0.382 e. The number of carbonyl (C=O) groups is 1. The molecule has 2 aliphatic carbocycles. The van der Waals surface area contributed by atoms with Gasteiger partial charge in [-0.1, -0.05) is 49.4 Å². The molecule has 1 N–H and O–H groups in total. The second kappa shape index (κ2) is 6.45. The molecule has 1 aromatic carbocycles. The zero-order chi connectivity index (χ0) is 15.7. The number of benzene rings is 1. The molecule has 3 heteroatoms. The lowest BCUT2D eigenvalue weighted by molar-refractivity contribution is -0.113. The van der Waals surface area contributed by atoms with Crippen LogP contribution in [0, 0.1) is 5.92 Å². The van der Waals surface area contributed by atoms with Crippen LogP contribution >= 0.6 is 11.6 Å². The fraction of sp³-hybridized carbons (Fsp3) is 0.526. The Hall–Kier alpha value is -1.28. The topological polar surface area (TPSA) is 29.1 Å². The van der Waals surface area contributed by atoms with E-state index in [-0.39, 0.29) is 5.78 Å². The predicted molar refractivity (Wildman–Crippen MR) is 93.3 cm³/mol. The molecule has 0 saturated heterocycles. The molecule has 1 atom stereocenters. The van der Waals surface area contributed by atoms with Gasteiger partial charge in [0.05, 0.1) is 0 Å². The Bertz CT molecular complexity index is 614. The van der Waals surface area contributed by atoms with E-state index in [0.29, 0.717) is 18.4 Å². The normalized spacial score (nSPS) is 23.2. The third kappa shape index (κ3) is 3.08. The number of allylic oxidation sites excluding steroid dienone is 2. The van der Waals surface area contributed by atoms with Gasteiger partial charge in [-0.15, -0.1) is 0 Å². The maximum atomic E-state index is 12.4. The van der Waals surface area contributed by atoms with Crippen LogP contribution < -0.4 is 5.32 Å². The summed E-state index contributed by atoms with van der Waals surface area (Å²) in [6.07, 6.45) is 6.94. The van der Waals surface area contributed by atoms with E-state index in [1.54, 1.807) is 0 Å². The lowest BCUT2D eigenvalue weighted by Crippen LogP contribution is -2.23. The number of nitrogens with one attached hydrogen (secondary N) is 1. The standard InChI is InChI=1S/C19H24ClNO/c1-12-10-18(22)19(13(12)2)16-9-8-14(20)11-17(16)21-15-6-4-3-5-7-15/h8-9,11-12,15,21H,3-7,10H2,1-2H3. The molecule has 22 heavy (non-hydrogen) atoms. The quantitative estimate of drug-likeness (QED) is 0.801. The summed E-state index contributed by atoms with van der Waals surface area (Å²) in [4.78, 5) is 12.4. The van der Waals surface area contributed by atoms with E-state index in [1.807, 2.05) is 18.2 Å². The van der Waals surface area contributed by atoms with Crippen molar-refractivity contribution in [3.05, 3.63) is 34.4 Å². The second-order valence-corrected chi connectivity index (χ2v) is 7.19. The Labute approximate surface area is 137 Å². The van der Waals surface area contributed by atoms with Crippen LogP contribution in [0.4, 0.5) is 5.69 Å². The third-order valence-corrected chi connectivity index (χ3v) is 5.35. The summed E-state index contributed by atoms with van der Waals surface area (Å²) in [5.74, 6) is 0.611. The van der Waals surface area contributed by atoms with Gasteiger partial charge < -0.3 is 5.32 Å². The van der Waals surface area contributed by atoms with Crippen LogP contribution in [0.5, 0.6) is 0 Å². The number of halogens is 1. The summed E-state index contributed by atoms with van der Waals surface area (Å²) in [5.41, 5.74) is 4.17. The number of hydrogen-bond donors (Lipinski definition) is 1. The van der Waals surface area contributed by atoms with Crippen LogP contribution in [0.2, 0.25) is 5.02 Å². The average molecular weight is 318 g/mol. The lowest BCUT2D eigenvalue weighted by atomic mass is 9.94. The van der Waals surface area contributed by atoms with Gasteiger partial charge >= 0.3 is 0 Å². The Morgan fingerprint density at radius 1 is 1.18 bits per heavy atom. The van der Waals surface area contributed by atoms with E-state index in [2.05, 4.69) is 19.2 Å². The van der Waals surface area contributed by atoms with Crippen LogP contribution in [0.3, 0.4) is 0 Å². The van der Waals surface area contributed by atoms with Crippen molar-refractivity contribution in [1.82, 2.24) is 0 Å². The molecule has 118 valence electrons. The molecule has 1 fully saturated rings. The molecule has 0 heterocycles. The summed E-state index contributed by atoms with van der Waals surface area (Å²) in [6.45, 7) is 4.22. The van der Waals surface area contributed by atoms with Gasteiger partial charge in [0.1, 0.15) is 0 Å². The monoisotopic (exact) mass is 317 g/mol. The fourth-order valence-corrected chi connectivity index (χ4v) is 3.86. The van der Waals surface area contributed by atoms with Gasteiger partial charge in [-0.05, 0) is 37.8 Å². The van der Waals surface area contributed by atoms with E-state index in [1.165, 1.54) is 37.7 Å². The predicted octanol–water partition coefficient (Wildman–Crippen LogP) is 5.47. The first kappa shape index (κ1) is 15.6. The molecule has 0 aromatic heterocycles. The van der Waals surface area contributed by atoms with E-state index < -0.39 is 0 Å². The lowest BCUT2D eigenvalue weighted by Gasteiger charge is -2.25. The minimum atomic E-state index is 0.263. The Morgan fingerprint density at radius 3 is 2.55 bits per heavy atom. The molecule has 0 radical (unpaired) electrons. The van der Waals surface area contributed by atoms with Crippen molar-refractivity contribution in [1.29, 1.82) is 0 Å². The molecular weight excluding hydrogens is 294 g/mol. The van der Waals surface area contributed by atoms with E-state index in [9.17, 15) is 4.79 Å². The highest BCUT2D eigenvalue weighted by Gasteiger charge is 2.29. The highest BCUT2D eigenvalue weighted by molar-refractivity contribution is 6.31. The molecule has 1 saturated carbocycles. The maximum absolute atomic E-state index is 12.4. The smallest absolute Gasteiger partial charge is 0.164 e. The minimum Gasteiger partial charge on any atom is -0.382 e. The van der Waals surface area contributed by atoms with Gasteiger partial charge in [0.2, 0.25) is 0 Å². The fourth-order valence-electron chi connectivity index (χ4n) is 3.68. The van der Waals surface area contributed by atoms with E-state index in [4.69, 9.17) is 11.6 Å². The number of hydrogen-bond acceptors (Lipinski definition) is 2. The molecule has 0 amide bonds. The number of Topliss-reactive ketones (excluding diaryl/α,β-unsaturated/α-hetero) is 1. The number of rotatable bonds is 3. The summed E-state index contributed by atoms with van der Waals surface area (Å²) >= 11 is 6.20. The van der Waals surface area contributed by atoms with Gasteiger partial charge in [-0.3, -0.25) is 4.79 Å². The highest BCUT2D eigenvalue weighted by Crippen LogP contribution is 2.39. The summed E-state index contributed by atoms with van der Waals surface area (Å²) in [7, 11) is 0. The van der Waals surface area contributed by atoms with Crippen LogP contribution in [0.1, 0.15) is 57.9 Å². The first-order chi connectivity index (χ1) is 10.6. The van der Waals surface area contributed by atoms with Gasteiger partial charge in [-0.2, -0.15) is 0 Å². The van der Waals surface area contributed by atoms with Crippen LogP contribution in [-0.2, 0) is 4.79 Å². The van der Waals surface area contributed by atoms with Crippen molar-refractivity contribution in [2.45, 2.75) is 58.4 Å². The molecule has 2 aliphatic rings. The molecule has 1 unspecified atom stereocenters. The van der Waals surface area contributed by atoms with Crippen LogP contribution in [0.15, 0.2) is 23.8 Å². The first-order valence-corrected chi connectivity index (χ1v) is 8.74. The van der Waals surface area contributed by atoms with Crippen molar-refractivity contribution in [2.24, 2.45) is 5.92 Å². The van der Waals surface area contributed by atoms with Gasteiger partial charge in [0.25, 0.3) is 0 Å². The van der Waals surface area contributed by atoms with Crippen molar-refractivity contribution >= 4 is 28.6 Å². The second-order valence-electron chi connectivity index (χ2n) is 6.76. The summed E-state index contributed by atoms with van der Waals surface area (Å²) < 4.78 is 0. The van der Waals surface area contributed by atoms with Gasteiger partial charge in [-0.25, -0.2) is 0 Å². The molecule has 3 rings (SSSR count). The zero-order valence-corrected chi connectivity index (χ0v) is 14.2. The molecular formula is C19H24ClNO. The van der Waals surface area contributed by atoms with Crippen molar-refractivity contribution in [3.63, 3.8) is 0 Å². The van der Waals surface area contributed by atoms with E-state index >= 15 is 0 Å². The first-order valence-electron chi connectivity index (χ1n) is 8.36. The minimum absolute atomic E-state index is 0.263. The number of anilines is 1. The number of carbonyl (C=O) groups excluding carboxylic acids is 1. The van der Waals surface area contributed by atoms with Crippen LogP contribution in [-0.4, -0.2) is 11.8 Å². The molecule has 0 aliphatic heterocycles. The van der Waals surface area contributed by atoms with E-state index in [0.717, 1.165) is 21.8 Å². The van der Waals surface area contributed by atoms with Gasteiger partial charge in [0, 0.05) is 34.3 Å². The van der Waals surface area contributed by atoms with Crippen molar-refractivity contribution < 1.29 is 4.79 Å². The average Bonchev–Trinajstić information content (AvgIpc) is 2.74. The molecule has 0 spiro atoms. The SMILES string of the molecule is CC1=C(c2ccc(Cl)cc2NC2CCCCC2)C(=O)CC1C. The number of ketones is 1. The Kier molecular flexibility index (Phi) is 4.58. The summed E-state index contributed by atoms with van der Waals surface area (Å²) in [6, 6.07) is 6.37. The van der Waals surface area contributed by atoms with Gasteiger partial charge in [0.15, 0.2) is 5.78 Å². The highest BCUT2D eigenvalue weighted by atomic mass is 35.5. The molecule has 1 aromatic rings. The maximum Gasteiger partial charge on any atom is 0.164 e. The third-order valence-electron chi connectivity index (χ3n) is 5.12. The molecule has 2 nitrogen and oxygen atoms in total. The zero-order valence-electron chi connectivity index (χ0n) is 13.4. The Morgan fingerprint density at radius 2 is 1.91 bits per heavy atom. The van der Waals surface area contributed by atoms with Crippen LogP contribution in [0.25, 0.3) is 5.57 Å². The van der Waals surface area contributed by atoms with Crippen molar-refractivity contribution in [2.75, 3.05) is 5.32 Å². The Balaban J connectivity index is 1.96. The molecule has 0 bridgehead atoms. The van der Waals surface area contributed by atoms with Crippen molar-refractivity contribution in [3.8, 4) is 0 Å². The summed E-state index contributed by atoms with van der Waals surface area (Å²) in [5, 5.41) is 4.37.